The number of alkyl halides is 6. The van der Waals surface area contributed by atoms with Gasteiger partial charge in [-0.1, -0.05) is 24.3 Å². The van der Waals surface area contributed by atoms with Gasteiger partial charge in [-0.05, 0) is 41.8 Å². The zero-order chi connectivity index (χ0) is 26.6. The van der Waals surface area contributed by atoms with Crippen molar-refractivity contribution in [3.63, 3.8) is 0 Å². The van der Waals surface area contributed by atoms with Gasteiger partial charge in [0.05, 0.1) is 29.7 Å². The van der Waals surface area contributed by atoms with E-state index in [9.17, 15) is 31.4 Å². The molecule has 0 spiro atoms. The normalized spacial score (nSPS) is 26.8. The average molecular weight is 522 g/mol. The lowest BCUT2D eigenvalue weighted by molar-refractivity contribution is -0.984. The van der Waals surface area contributed by atoms with Gasteiger partial charge in [0, 0.05) is 35.9 Å². The number of aromatic nitrogens is 1. The minimum atomic E-state index is -4.91. The lowest BCUT2D eigenvalue weighted by Crippen LogP contribution is -2.67. The molecule has 6 rings (SSSR count). The summed E-state index contributed by atoms with van der Waals surface area (Å²) >= 11 is 0. The third-order valence-electron chi connectivity index (χ3n) is 8.19. The van der Waals surface area contributed by atoms with Crippen LogP contribution < -0.4 is 0 Å². The molecule has 3 aliphatic heterocycles. The van der Waals surface area contributed by atoms with Crippen LogP contribution in [0, 0.1) is 11.8 Å². The minimum Gasteiger partial charge on any atom is -0.382 e. The van der Waals surface area contributed by atoms with Gasteiger partial charge in [-0.15, -0.1) is 6.58 Å². The molecule has 2 aromatic carbocycles. The SMILES string of the molecule is C=C[C@H]1C[N+]2(Cc3cc(C(F)(F)F)cc(C(F)(F)F)c3)CCC1CC2[C@H](O)c1ccnc2ccccc12. The van der Waals surface area contributed by atoms with Crippen LogP contribution >= 0.6 is 0 Å². The van der Waals surface area contributed by atoms with E-state index in [0.29, 0.717) is 30.6 Å². The molecule has 3 aliphatic rings. The molecule has 0 aliphatic carbocycles. The van der Waals surface area contributed by atoms with Crippen LogP contribution in [0.3, 0.4) is 0 Å². The molecule has 3 unspecified atom stereocenters. The highest BCUT2D eigenvalue weighted by Gasteiger charge is 2.54. The Hall–Kier alpha value is -2.91. The molecular formula is C28H27F6N2O+. The van der Waals surface area contributed by atoms with E-state index in [1.807, 2.05) is 30.3 Å². The molecule has 0 radical (unpaired) electrons. The maximum absolute atomic E-state index is 13.6. The fourth-order valence-electron chi connectivity index (χ4n) is 6.44. The van der Waals surface area contributed by atoms with E-state index in [-0.39, 0.29) is 34.5 Å². The number of aliphatic hydroxyl groups is 1. The summed E-state index contributed by atoms with van der Waals surface area (Å²) in [4.78, 5) is 4.35. The van der Waals surface area contributed by atoms with E-state index >= 15 is 0 Å². The first-order chi connectivity index (χ1) is 17.4. The Balaban J connectivity index is 1.59. The topological polar surface area (TPSA) is 33.1 Å². The van der Waals surface area contributed by atoms with Crippen molar-refractivity contribution in [2.45, 2.75) is 43.9 Å². The van der Waals surface area contributed by atoms with Crippen molar-refractivity contribution in [2.24, 2.45) is 11.8 Å². The third-order valence-corrected chi connectivity index (χ3v) is 8.19. The van der Waals surface area contributed by atoms with Gasteiger partial charge in [0.25, 0.3) is 0 Å². The van der Waals surface area contributed by atoms with Crippen molar-refractivity contribution >= 4 is 10.9 Å². The van der Waals surface area contributed by atoms with Gasteiger partial charge in [0.15, 0.2) is 0 Å². The van der Waals surface area contributed by atoms with Crippen molar-refractivity contribution in [3.8, 4) is 0 Å². The van der Waals surface area contributed by atoms with Gasteiger partial charge in [0.1, 0.15) is 18.7 Å². The first-order valence-corrected chi connectivity index (χ1v) is 12.2. The Morgan fingerprint density at radius 3 is 2.35 bits per heavy atom. The standard InChI is InChI=1S/C28H27F6N2O/c1-2-18-16-36(15-17-11-20(27(29,30)31)14-21(12-17)28(32,33)34)10-8-19(18)13-25(36)26(37)23-7-9-35-24-6-4-3-5-22(23)24/h2-7,9,11-12,14,18-19,25-26,37H,1,8,10,13,15-16H2/q+1/t18-,19?,25?,26+,36?/m0/s1. The summed E-state index contributed by atoms with van der Waals surface area (Å²) in [5, 5.41) is 12.5. The molecule has 196 valence electrons. The van der Waals surface area contributed by atoms with E-state index in [1.165, 1.54) is 0 Å². The maximum Gasteiger partial charge on any atom is 0.416 e. The van der Waals surface area contributed by atoms with Crippen LogP contribution in [0.2, 0.25) is 0 Å². The molecule has 4 heterocycles. The second-order valence-electron chi connectivity index (χ2n) is 10.3. The Bertz CT molecular complexity index is 1280. The quantitative estimate of drug-likeness (QED) is 0.225. The average Bonchev–Trinajstić information content (AvgIpc) is 2.86. The van der Waals surface area contributed by atoms with E-state index < -0.39 is 35.6 Å². The number of quaternary nitrogens is 1. The monoisotopic (exact) mass is 521 g/mol. The summed E-state index contributed by atoms with van der Waals surface area (Å²) in [7, 11) is 0. The largest absolute Gasteiger partial charge is 0.416 e. The molecule has 3 nitrogen and oxygen atoms in total. The summed E-state index contributed by atoms with van der Waals surface area (Å²) in [6.45, 7) is 4.93. The fraction of sp³-hybridized carbons (Fsp3) is 0.393. The van der Waals surface area contributed by atoms with Crippen LogP contribution in [0.15, 0.2) is 67.4 Å². The molecule has 1 aromatic heterocycles. The van der Waals surface area contributed by atoms with Crippen LogP contribution in [-0.2, 0) is 18.9 Å². The lowest BCUT2D eigenvalue weighted by atomic mass is 9.71. The zero-order valence-electron chi connectivity index (χ0n) is 19.9. The first-order valence-electron chi connectivity index (χ1n) is 12.2. The number of halogens is 6. The minimum absolute atomic E-state index is 0.0397. The Labute approximate surface area is 210 Å². The van der Waals surface area contributed by atoms with Gasteiger partial charge < -0.3 is 9.59 Å². The first kappa shape index (κ1) is 25.7. The zero-order valence-corrected chi connectivity index (χ0v) is 19.9. The van der Waals surface area contributed by atoms with Crippen LogP contribution in [0.25, 0.3) is 10.9 Å². The van der Waals surface area contributed by atoms with Gasteiger partial charge in [0.2, 0.25) is 0 Å². The summed E-state index contributed by atoms with van der Waals surface area (Å²) in [6, 6.07) is 10.5. The van der Waals surface area contributed by atoms with Gasteiger partial charge in [-0.3, -0.25) is 4.98 Å². The van der Waals surface area contributed by atoms with Gasteiger partial charge in [-0.2, -0.15) is 26.3 Å². The maximum atomic E-state index is 13.6. The summed E-state index contributed by atoms with van der Waals surface area (Å²) < 4.78 is 81.6. The molecule has 3 aromatic rings. The van der Waals surface area contributed by atoms with Gasteiger partial charge >= 0.3 is 12.4 Å². The molecule has 0 saturated carbocycles. The number of nitrogens with zero attached hydrogens (tertiary/aromatic N) is 2. The number of hydrogen-bond donors (Lipinski definition) is 1. The van der Waals surface area contributed by atoms with Gasteiger partial charge in [-0.25, -0.2) is 0 Å². The highest BCUT2D eigenvalue weighted by atomic mass is 19.4. The summed E-state index contributed by atoms with van der Waals surface area (Å²) in [5.74, 6) is 0.316. The summed E-state index contributed by atoms with van der Waals surface area (Å²) in [6.07, 6.45) is -5.99. The molecule has 2 bridgehead atoms. The van der Waals surface area contributed by atoms with Crippen molar-refractivity contribution in [1.82, 2.24) is 4.98 Å². The Morgan fingerprint density at radius 2 is 1.70 bits per heavy atom. The molecular weight excluding hydrogens is 494 g/mol. The highest BCUT2D eigenvalue weighted by Crippen LogP contribution is 2.48. The highest BCUT2D eigenvalue weighted by molar-refractivity contribution is 5.82. The van der Waals surface area contributed by atoms with Crippen molar-refractivity contribution in [3.05, 3.63) is 89.6 Å². The number of benzene rings is 2. The van der Waals surface area contributed by atoms with E-state index in [1.54, 1.807) is 12.3 Å². The predicted octanol–water partition coefficient (Wildman–Crippen LogP) is 6.92. The number of pyridine rings is 1. The number of piperidine rings is 3. The molecule has 3 fully saturated rings. The number of aliphatic hydroxyl groups excluding tert-OH is 1. The van der Waals surface area contributed by atoms with E-state index in [0.717, 1.165) is 23.9 Å². The molecule has 9 heteroatoms. The molecule has 1 N–H and O–H groups in total. The summed E-state index contributed by atoms with van der Waals surface area (Å²) in [5.41, 5.74) is -1.31. The van der Waals surface area contributed by atoms with Crippen LogP contribution in [-0.4, -0.2) is 33.7 Å². The van der Waals surface area contributed by atoms with E-state index in [4.69, 9.17) is 0 Å². The Kier molecular flexibility index (Phi) is 6.35. The van der Waals surface area contributed by atoms with Crippen molar-refractivity contribution in [1.29, 1.82) is 0 Å². The predicted molar refractivity (Wildman–Crippen MR) is 127 cm³/mol. The van der Waals surface area contributed by atoms with Crippen LogP contribution in [0.1, 0.15) is 41.2 Å². The molecule has 3 saturated heterocycles. The number of rotatable bonds is 5. The number of para-hydroxylation sites is 1. The number of fused-ring (bicyclic) bond motifs is 4. The molecule has 5 atom stereocenters. The second kappa shape index (κ2) is 9.13. The smallest absolute Gasteiger partial charge is 0.382 e. The second-order valence-corrected chi connectivity index (χ2v) is 10.3. The number of hydrogen-bond acceptors (Lipinski definition) is 2. The fourth-order valence-corrected chi connectivity index (χ4v) is 6.44. The molecule has 0 amide bonds. The van der Waals surface area contributed by atoms with E-state index in [2.05, 4.69) is 11.6 Å². The van der Waals surface area contributed by atoms with Crippen molar-refractivity contribution < 1.29 is 35.9 Å². The molecule has 37 heavy (non-hydrogen) atoms. The lowest BCUT2D eigenvalue weighted by Gasteiger charge is -2.58. The third kappa shape index (κ3) is 4.75. The van der Waals surface area contributed by atoms with Crippen LogP contribution in [0.4, 0.5) is 26.3 Å². The Morgan fingerprint density at radius 1 is 1.03 bits per heavy atom. The van der Waals surface area contributed by atoms with Crippen molar-refractivity contribution in [2.75, 3.05) is 13.1 Å². The van der Waals surface area contributed by atoms with Crippen LogP contribution in [0.5, 0.6) is 0 Å².